The van der Waals surface area contributed by atoms with E-state index in [0.29, 0.717) is 48.7 Å². The summed E-state index contributed by atoms with van der Waals surface area (Å²) in [6, 6.07) is 0. The van der Waals surface area contributed by atoms with Crippen LogP contribution in [0.4, 0.5) is 0 Å². The van der Waals surface area contributed by atoms with Crippen molar-refractivity contribution in [2.24, 2.45) is 35.5 Å². The van der Waals surface area contributed by atoms with Gasteiger partial charge in [0.2, 0.25) is 0 Å². The van der Waals surface area contributed by atoms with Gasteiger partial charge in [-0.15, -0.1) is 0 Å². The molecule has 6 aliphatic carbocycles. The number of halogens is 1. The molecule has 4 atom stereocenters. The molecular formula is C12H13BrO5S. The Morgan fingerprint density at radius 3 is 2.11 bits per heavy atom. The van der Waals surface area contributed by atoms with Gasteiger partial charge in [0.15, 0.2) is 5.79 Å². The molecule has 1 saturated heterocycles. The summed E-state index contributed by atoms with van der Waals surface area (Å²) in [4.78, 5) is 0. The average Bonchev–Trinajstić information content (AvgIpc) is 2.85. The van der Waals surface area contributed by atoms with Crippen LogP contribution in [0.1, 0.15) is 0 Å². The molecule has 7 heteroatoms. The Bertz CT molecular complexity index is 619. The number of ether oxygens (including phenoxy) is 2. The number of rotatable bonds is 2. The molecule has 7 aliphatic rings. The van der Waals surface area contributed by atoms with Gasteiger partial charge in [0.05, 0.1) is 29.4 Å². The Kier molecular flexibility index (Phi) is 1.41. The molecule has 0 aromatic rings. The zero-order valence-electron chi connectivity index (χ0n) is 10.2. The van der Waals surface area contributed by atoms with E-state index in [2.05, 4.69) is 15.9 Å². The minimum atomic E-state index is -3.39. The molecule has 4 unspecified atom stereocenters. The second-order valence-corrected chi connectivity index (χ2v) is 9.82. The van der Waals surface area contributed by atoms with Crippen molar-refractivity contribution in [3.8, 4) is 0 Å². The predicted molar refractivity (Wildman–Crippen MR) is 65.9 cm³/mol. The second-order valence-electron chi connectivity index (χ2n) is 6.93. The molecule has 2 bridgehead atoms. The molecule has 1 spiro atoms. The van der Waals surface area contributed by atoms with Crippen LogP contribution in [0, 0.1) is 35.5 Å². The molecule has 19 heavy (non-hydrogen) atoms. The van der Waals surface area contributed by atoms with Crippen molar-refractivity contribution in [1.82, 2.24) is 0 Å². The standard InChI is InChI=1S/C12H13BrO5S/c1-19(14,15)18-10-4-7-5(10)9-6(10)8(4)11(7,13)12(9)16-2-3-17-12/h4-9H,2-3H2,1H3. The summed E-state index contributed by atoms with van der Waals surface area (Å²) >= 11 is 3.92. The second kappa shape index (κ2) is 2.45. The van der Waals surface area contributed by atoms with E-state index < -0.39 is 15.9 Å². The molecule has 0 amide bonds. The van der Waals surface area contributed by atoms with Gasteiger partial charge < -0.3 is 9.47 Å². The number of alkyl halides is 1. The Morgan fingerprint density at radius 2 is 1.58 bits per heavy atom. The maximum absolute atomic E-state index is 11.5. The fraction of sp³-hybridized carbons (Fsp3) is 1.00. The lowest BCUT2D eigenvalue weighted by atomic mass is 9.17. The summed E-state index contributed by atoms with van der Waals surface area (Å²) in [5.41, 5.74) is -0.385. The highest BCUT2D eigenvalue weighted by Crippen LogP contribution is 3.02. The van der Waals surface area contributed by atoms with E-state index >= 15 is 0 Å². The molecule has 1 heterocycles. The summed E-state index contributed by atoms with van der Waals surface area (Å²) in [6.07, 6.45) is 1.16. The van der Waals surface area contributed by atoms with Crippen LogP contribution >= 0.6 is 15.9 Å². The summed E-state index contributed by atoms with van der Waals surface area (Å²) in [7, 11) is -3.39. The monoisotopic (exact) mass is 348 g/mol. The van der Waals surface area contributed by atoms with Crippen molar-refractivity contribution in [1.29, 1.82) is 0 Å². The molecule has 0 aromatic carbocycles. The van der Waals surface area contributed by atoms with E-state index in [1.807, 2.05) is 0 Å². The smallest absolute Gasteiger partial charge is 0.264 e. The number of hydrogen-bond acceptors (Lipinski definition) is 5. The fourth-order valence-corrected chi connectivity index (χ4v) is 9.44. The molecule has 104 valence electrons. The lowest BCUT2D eigenvalue weighted by Gasteiger charge is -2.89. The molecule has 7 rings (SSSR count). The molecule has 0 N–H and O–H groups in total. The summed E-state index contributed by atoms with van der Waals surface area (Å²) in [5, 5.41) is 0. The molecule has 0 radical (unpaired) electrons. The van der Waals surface area contributed by atoms with Crippen molar-refractivity contribution in [2.75, 3.05) is 19.5 Å². The van der Waals surface area contributed by atoms with Gasteiger partial charge in [-0.1, -0.05) is 15.9 Å². The van der Waals surface area contributed by atoms with Crippen LogP contribution in [-0.4, -0.2) is 43.6 Å². The summed E-state index contributed by atoms with van der Waals surface area (Å²) in [5.74, 6) is 1.81. The minimum absolute atomic E-state index is 0.0657. The minimum Gasteiger partial charge on any atom is -0.346 e. The van der Waals surface area contributed by atoms with Crippen LogP contribution in [0.3, 0.4) is 0 Å². The van der Waals surface area contributed by atoms with Crippen LogP contribution in [0.15, 0.2) is 0 Å². The Labute approximate surface area is 119 Å². The third kappa shape index (κ3) is 0.685. The molecule has 1 aliphatic heterocycles. The highest BCUT2D eigenvalue weighted by atomic mass is 79.9. The van der Waals surface area contributed by atoms with Gasteiger partial charge >= 0.3 is 0 Å². The van der Waals surface area contributed by atoms with E-state index in [-0.39, 0.29) is 9.93 Å². The van der Waals surface area contributed by atoms with Crippen molar-refractivity contribution in [3.05, 3.63) is 0 Å². The Balaban J connectivity index is 1.48. The first kappa shape index (κ1) is 11.0. The highest BCUT2D eigenvalue weighted by Gasteiger charge is 3.10. The largest absolute Gasteiger partial charge is 0.346 e. The average molecular weight is 349 g/mol. The number of hydrogen-bond donors (Lipinski definition) is 0. The first-order chi connectivity index (χ1) is 8.90. The van der Waals surface area contributed by atoms with E-state index in [1.165, 1.54) is 0 Å². The predicted octanol–water partition coefficient (Wildman–Crippen LogP) is 0.343. The zero-order valence-corrected chi connectivity index (χ0v) is 12.6. The topological polar surface area (TPSA) is 61.8 Å². The van der Waals surface area contributed by atoms with Crippen molar-refractivity contribution in [2.45, 2.75) is 15.7 Å². The van der Waals surface area contributed by atoms with Gasteiger partial charge in [-0.25, -0.2) is 0 Å². The SMILES string of the molecule is CS(=O)(=O)OC12C3C4C1C1C2C3C1(Br)C41OCCO1. The zero-order chi connectivity index (χ0) is 13.0. The maximum Gasteiger partial charge on any atom is 0.264 e. The molecule has 5 nitrogen and oxygen atoms in total. The highest BCUT2D eigenvalue weighted by molar-refractivity contribution is 9.10. The third-order valence-corrected chi connectivity index (χ3v) is 9.04. The first-order valence-corrected chi connectivity index (χ1v) is 9.38. The van der Waals surface area contributed by atoms with Crippen molar-refractivity contribution in [3.63, 3.8) is 0 Å². The van der Waals surface area contributed by atoms with Gasteiger partial charge in [-0.3, -0.25) is 4.18 Å². The van der Waals surface area contributed by atoms with Gasteiger partial charge in [0.1, 0.15) is 0 Å². The van der Waals surface area contributed by atoms with Crippen LogP contribution < -0.4 is 0 Å². The van der Waals surface area contributed by atoms with Crippen molar-refractivity contribution < 1.29 is 22.1 Å². The van der Waals surface area contributed by atoms with Crippen LogP contribution in [0.5, 0.6) is 0 Å². The van der Waals surface area contributed by atoms with Crippen LogP contribution in [-0.2, 0) is 23.8 Å². The summed E-state index contributed by atoms with van der Waals surface area (Å²) < 4.78 is 40.5. The normalized spacial score (nSPS) is 68.1. The summed E-state index contributed by atoms with van der Waals surface area (Å²) in [6.45, 7) is 1.29. The first-order valence-electron chi connectivity index (χ1n) is 6.77. The van der Waals surface area contributed by atoms with Gasteiger partial charge in [-0.2, -0.15) is 8.42 Å². The third-order valence-electron chi connectivity index (χ3n) is 6.84. The quantitative estimate of drug-likeness (QED) is 0.532. The lowest BCUT2D eigenvalue weighted by Crippen LogP contribution is -2.96. The molecule has 6 saturated carbocycles. The van der Waals surface area contributed by atoms with E-state index in [9.17, 15) is 8.42 Å². The van der Waals surface area contributed by atoms with Gasteiger partial charge in [0.25, 0.3) is 10.1 Å². The molecule has 0 aromatic heterocycles. The van der Waals surface area contributed by atoms with E-state index in [0.717, 1.165) is 6.26 Å². The molecular weight excluding hydrogens is 336 g/mol. The van der Waals surface area contributed by atoms with Crippen molar-refractivity contribution >= 4 is 26.0 Å². The Morgan fingerprint density at radius 1 is 1.05 bits per heavy atom. The van der Waals surface area contributed by atoms with E-state index in [4.69, 9.17) is 13.7 Å². The maximum atomic E-state index is 11.5. The van der Waals surface area contributed by atoms with Crippen LogP contribution in [0.2, 0.25) is 0 Å². The van der Waals surface area contributed by atoms with E-state index in [1.54, 1.807) is 0 Å². The lowest BCUT2D eigenvalue weighted by molar-refractivity contribution is -0.448. The van der Waals surface area contributed by atoms with Gasteiger partial charge in [0, 0.05) is 17.8 Å². The fourth-order valence-electron chi connectivity index (χ4n) is 6.95. The van der Waals surface area contributed by atoms with Crippen LogP contribution in [0.25, 0.3) is 0 Å². The molecule has 7 fully saturated rings. The van der Waals surface area contributed by atoms with Gasteiger partial charge in [-0.05, 0) is 17.8 Å². The Hall–Kier alpha value is 0.310.